The van der Waals surface area contributed by atoms with E-state index in [1.54, 1.807) is 0 Å². The molecule has 2 nitrogen and oxygen atoms in total. The van der Waals surface area contributed by atoms with Crippen LogP contribution in [0.15, 0.2) is 182 Å². The zero-order chi connectivity index (χ0) is 37.8. The number of benzene rings is 8. The van der Waals surface area contributed by atoms with E-state index in [1.165, 1.54) is 83.1 Å². The van der Waals surface area contributed by atoms with Crippen molar-refractivity contribution in [2.24, 2.45) is 0 Å². The third kappa shape index (κ3) is 4.62. The molecule has 2 aliphatic carbocycles. The normalized spacial score (nSPS) is 14.4. The standard InChI is InChI=1S/C54H42N2/c1-53(2)45-23-11-8-20-40(45)41-30-28-38(33-47(41)53)55(37-19-14-18-36(32-37)35-16-6-5-7-17-35)39-29-31-44-48(34-39)54(3,4)46-24-15-27-51(52(44)46)56-49-25-12-9-21-42(49)43-22-10-13-26-50(43)56/h5-34H,1-4H3. The number of hydrogen-bond donors (Lipinski definition) is 0. The first-order valence-corrected chi connectivity index (χ1v) is 19.8. The van der Waals surface area contributed by atoms with E-state index in [9.17, 15) is 0 Å². The van der Waals surface area contributed by atoms with E-state index in [4.69, 9.17) is 0 Å². The minimum absolute atomic E-state index is 0.107. The number of rotatable bonds is 5. The van der Waals surface area contributed by atoms with Gasteiger partial charge in [0, 0.05) is 44.2 Å². The van der Waals surface area contributed by atoms with Gasteiger partial charge in [-0.2, -0.15) is 0 Å². The smallest absolute Gasteiger partial charge is 0.0543 e. The maximum atomic E-state index is 2.48. The highest BCUT2D eigenvalue weighted by Crippen LogP contribution is 2.55. The lowest BCUT2D eigenvalue weighted by molar-refractivity contribution is 0.660. The molecule has 2 heteroatoms. The first kappa shape index (κ1) is 32.8. The molecule has 0 saturated carbocycles. The molecule has 0 radical (unpaired) electrons. The van der Waals surface area contributed by atoms with Crippen LogP contribution in [0.1, 0.15) is 49.9 Å². The molecule has 0 fully saturated rings. The van der Waals surface area contributed by atoms with Gasteiger partial charge in [-0.3, -0.25) is 0 Å². The summed E-state index contributed by atoms with van der Waals surface area (Å²) >= 11 is 0. The molecular formula is C54H42N2. The third-order valence-corrected chi connectivity index (χ3v) is 12.8. The quantitative estimate of drug-likeness (QED) is 0.172. The zero-order valence-electron chi connectivity index (χ0n) is 32.2. The van der Waals surface area contributed by atoms with Gasteiger partial charge < -0.3 is 9.47 Å². The van der Waals surface area contributed by atoms with Crippen molar-refractivity contribution in [3.63, 3.8) is 0 Å². The van der Waals surface area contributed by atoms with Crippen LogP contribution in [0.5, 0.6) is 0 Å². The molecule has 0 spiro atoms. The monoisotopic (exact) mass is 718 g/mol. The van der Waals surface area contributed by atoms with Gasteiger partial charge in [-0.05, 0) is 105 Å². The third-order valence-electron chi connectivity index (χ3n) is 12.8. The SMILES string of the molecule is CC1(C)c2ccccc2-c2ccc(N(c3cccc(-c4ccccc4)c3)c3ccc4c(c3)C(C)(C)c3cccc(-n5c6ccccc6c6ccccc65)c3-4)cc21. The van der Waals surface area contributed by atoms with E-state index in [1.807, 2.05) is 0 Å². The van der Waals surface area contributed by atoms with Crippen LogP contribution in [-0.2, 0) is 10.8 Å². The topological polar surface area (TPSA) is 8.17 Å². The summed E-state index contributed by atoms with van der Waals surface area (Å²) in [6.07, 6.45) is 0. The summed E-state index contributed by atoms with van der Waals surface area (Å²) in [6, 6.07) is 67.5. The molecule has 56 heavy (non-hydrogen) atoms. The van der Waals surface area contributed by atoms with Crippen molar-refractivity contribution in [3.05, 3.63) is 204 Å². The summed E-state index contributed by atoms with van der Waals surface area (Å²) in [7, 11) is 0. The Balaban J connectivity index is 1.12. The maximum absolute atomic E-state index is 2.48. The fourth-order valence-electron chi connectivity index (χ4n) is 10.00. The minimum atomic E-state index is -0.214. The molecule has 0 aliphatic heterocycles. The van der Waals surface area contributed by atoms with Crippen LogP contribution in [0.25, 0.3) is 60.9 Å². The van der Waals surface area contributed by atoms with Gasteiger partial charge in [0.25, 0.3) is 0 Å². The van der Waals surface area contributed by atoms with Gasteiger partial charge >= 0.3 is 0 Å². The van der Waals surface area contributed by atoms with Crippen molar-refractivity contribution < 1.29 is 0 Å². The number of hydrogen-bond acceptors (Lipinski definition) is 1. The number of fused-ring (bicyclic) bond motifs is 9. The summed E-state index contributed by atoms with van der Waals surface area (Å²) in [5, 5.41) is 2.56. The van der Waals surface area contributed by atoms with E-state index in [-0.39, 0.29) is 10.8 Å². The molecule has 268 valence electrons. The Morgan fingerprint density at radius 2 is 0.893 bits per heavy atom. The molecule has 9 aromatic rings. The van der Waals surface area contributed by atoms with Crippen LogP contribution >= 0.6 is 0 Å². The van der Waals surface area contributed by atoms with Crippen molar-refractivity contribution in [2.75, 3.05) is 4.90 Å². The van der Waals surface area contributed by atoms with E-state index in [0.717, 1.165) is 17.1 Å². The molecule has 0 amide bonds. The molecule has 0 atom stereocenters. The van der Waals surface area contributed by atoms with Crippen molar-refractivity contribution in [1.29, 1.82) is 0 Å². The molecule has 2 aliphatic rings. The molecular weight excluding hydrogens is 677 g/mol. The Bertz CT molecular complexity index is 2980. The summed E-state index contributed by atoms with van der Waals surface area (Å²) in [4.78, 5) is 2.47. The Hall–Kier alpha value is -6.64. The molecule has 1 heterocycles. The van der Waals surface area contributed by atoms with Gasteiger partial charge in [-0.25, -0.2) is 0 Å². The first-order chi connectivity index (χ1) is 27.3. The molecule has 0 saturated heterocycles. The van der Waals surface area contributed by atoms with E-state index < -0.39 is 0 Å². The Kier molecular flexibility index (Phi) is 6.98. The van der Waals surface area contributed by atoms with Crippen LogP contribution in [0, 0.1) is 0 Å². The highest BCUT2D eigenvalue weighted by molar-refractivity contribution is 6.10. The van der Waals surface area contributed by atoms with Crippen molar-refractivity contribution in [3.8, 4) is 39.1 Å². The summed E-state index contributed by atoms with van der Waals surface area (Å²) in [6.45, 7) is 9.52. The van der Waals surface area contributed by atoms with Crippen LogP contribution in [0.3, 0.4) is 0 Å². The average molecular weight is 719 g/mol. The number of nitrogens with zero attached hydrogens (tertiary/aromatic N) is 2. The van der Waals surface area contributed by atoms with Gasteiger partial charge in [0.15, 0.2) is 0 Å². The molecule has 0 N–H and O–H groups in total. The van der Waals surface area contributed by atoms with Gasteiger partial charge in [0.2, 0.25) is 0 Å². The average Bonchev–Trinajstić information content (AvgIpc) is 3.78. The maximum Gasteiger partial charge on any atom is 0.0543 e. The Morgan fingerprint density at radius 3 is 1.62 bits per heavy atom. The van der Waals surface area contributed by atoms with Gasteiger partial charge in [-0.15, -0.1) is 0 Å². The van der Waals surface area contributed by atoms with Crippen LogP contribution in [-0.4, -0.2) is 4.57 Å². The second-order valence-corrected chi connectivity index (χ2v) is 16.6. The van der Waals surface area contributed by atoms with Crippen molar-refractivity contribution in [2.45, 2.75) is 38.5 Å². The molecule has 8 aromatic carbocycles. The Labute approximate surface area is 328 Å². The summed E-state index contributed by atoms with van der Waals surface area (Å²) in [5.41, 5.74) is 20.0. The lowest BCUT2D eigenvalue weighted by atomic mass is 9.82. The van der Waals surface area contributed by atoms with Crippen LogP contribution < -0.4 is 4.90 Å². The highest BCUT2D eigenvalue weighted by atomic mass is 15.1. The first-order valence-electron chi connectivity index (χ1n) is 19.8. The largest absolute Gasteiger partial charge is 0.310 e. The Morgan fingerprint density at radius 1 is 0.375 bits per heavy atom. The van der Waals surface area contributed by atoms with Crippen molar-refractivity contribution >= 4 is 38.9 Å². The van der Waals surface area contributed by atoms with Crippen LogP contribution in [0.4, 0.5) is 17.1 Å². The van der Waals surface area contributed by atoms with E-state index >= 15 is 0 Å². The second kappa shape index (κ2) is 11.9. The number of anilines is 3. The molecule has 0 bridgehead atoms. The highest BCUT2D eigenvalue weighted by Gasteiger charge is 2.39. The molecule has 11 rings (SSSR count). The second-order valence-electron chi connectivity index (χ2n) is 16.6. The predicted octanol–water partition coefficient (Wildman–Crippen LogP) is 14.5. The number of aromatic nitrogens is 1. The zero-order valence-corrected chi connectivity index (χ0v) is 32.2. The van der Waals surface area contributed by atoms with E-state index in [0.29, 0.717) is 0 Å². The van der Waals surface area contributed by atoms with Crippen LogP contribution in [0.2, 0.25) is 0 Å². The van der Waals surface area contributed by atoms with E-state index in [2.05, 4.69) is 219 Å². The molecule has 0 unspecified atom stereocenters. The lowest BCUT2D eigenvalue weighted by Gasteiger charge is -2.30. The molecule has 1 aromatic heterocycles. The van der Waals surface area contributed by atoms with Crippen molar-refractivity contribution in [1.82, 2.24) is 4.57 Å². The fourth-order valence-corrected chi connectivity index (χ4v) is 10.00. The minimum Gasteiger partial charge on any atom is -0.310 e. The summed E-state index contributed by atoms with van der Waals surface area (Å²) < 4.78 is 2.48. The van der Waals surface area contributed by atoms with Gasteiger partial charge in [0.05, 0.1) is 16.7 Å². The lowest BCUT2D eigenvalue weighted by Crippen LogP contribution is -2.18. The van der Waals surface area contributed by atoms with Gasteiger partial charge in [-0.1, -0.05) is 155 Å². The fraction of sp³-hybridized carbons (Fsp3) is 0.111. The number of para-hydroxylation sites is 2. The van der Waals surface area contributed by atoms with Gasteiger partial charge in [0.1, 0.15) is 0 Å². The predicted molar refractivity (Wildman–Crippen MR) is 236 cm³/mol. The summed E-state index contributed by atoms with van der Waals surface area (Å²) in [5.74, 6) is 0.